The van der Waals surface area contributed by atoms with Crippen molar-refractivity contribution >= 4 is 0 Å². The maximum absolute atomic E-state index is 12.2. The summed E-state index contributed by atoms with van der Waals surface area (Å²) in [4.78, 5) is 0. The zero-order valence-electron chi connectivity index (χ0n) is 12.2. The van der Waals surface area contributed by atoms with E-state index in [9.17, 15) is 8.78 Å². The van der Waals surface area contributed by atoms with Crippen LogP contribution in [0.5, 0.6) is 11.5 Å². The maximum Gasteiger partial charge on any atom is 0.387 e. The van der Waals surface area contributed by atoms with Crippen LogP contribution in [-0.2, 0) is 0 Å². The number of rotatable bonds is 5. The van der Waals surface area contributed by atoms with Crippen molar-refractivity contribution in [1.82, 2.24) is 0 Å². The van der Waals surface area contributed by atoms with Crippen LogP contribution in [0.3, 0.4) is 0 Å². The number of benzene rings is 1. The lowest BCUT2D eigenvalue weighted by molar-refractivity contribution is -0.0500. The van der Waals surface area contributed by atoms with Crippen LogP contribution in [-0.4, -0.2) is 13.2 Å². The molecule has 4 heteroatoms. The third kappa shape index (κ3) is 3.62. The zero-order chi connectivity index (χ0) is 14.7. The Morgan fingerprint density at radius 3 is 2.75 bits per heavy atom. The molecule has 1 aliphatic rings. The van der Waals surface area contributed by atoms with Gasteiger partial charge in [-0.25, -0.2) is 0 Å². The van der Waals surface area contributed by atoms with Crippen molar-refractivity contribution in [1.29, 1.82) is 0 Å². The molecule has 0 saturated carbocycles. The molecule has 112 valence electrons. The second kappa shape index (κ2) is 6.42. The molecule has 0 spiro atoms. The lowest BCUT2D eigenvalue weighted by Crippen LogP contribution is -2.24. The molecule has 1 aliphatic heterocycles. The van der Waals surface area contributed by atoms with Gasteiger partial charge in [0, 0.05) is 6.07 Å². The highest BCUT2D eigenvalue weighted by molar-refractivity contribution is 5.44. The first-order valence-corrected chi connectivity index (χ1v) is 7.19. The molecule has 0 amide bonds. The Bertz CT molecular complexity index is 446. The minimum Gasteiger partial charge on any atom is -0.493 e. The Balaban J connectivity index is 2.08. The Kier molecular flexibility index (Phi) is 4.84. The molecule has 2 atom stereocenters. The number of ether oxygens (including phenoxy) is 2. The van der Waals surface area contributed by atoms with Gasteiger partial charge >= 0.3 is 6.61 Å². The third-order valence-corrected chi connectivity index (χ3v) is 3.98. The van der Waals surface area contributed by atoms with Crippen LogP contribution in [0.15, 0.2) is 18.2 Å². The highest BCUT2D eigenvalue weighted by Gasteiger charge is 2.28. The molecule has 0 bridgehead atoms. The predicted molar refractivity (Wildman–Crippen MR) is 74.5 cm³/mol. The van der Waals surface area contributed by atoms with Crippen molar-refractivity contribution in [2.24, 2.45) is 11.8 Å². The smallest absolute Gasteiger partial charge is 0.387 e. The van der Waals surface area contributed by atoms with Crippen LogP contribution in [0.25, 0.3) is 0 Å². The van der Waals surface area contributed by atoms with Crippen LogP contribution in [0.4, 0.5) is 8.78 Å². The van der Waals surface area contributed by atoms with E-state index in [2.05, 4.69) is 25.5 Å². The van der Waals surface area contributed by atoms with E-state index in [0.717, 1.165) is 12.0 Å². The van der Waals surface area contributed by atoms with Gasteiger partial charge < -0.3 is 9.47 Å². The van der Waals surface area contributed by atoms with Gasteiger partial charge in [-0.05, 0) is 35.8 Å². The van der Waals surface area contributed by atoms with Gasteiger partial charge in [0.1, 0.15) is 11.5 Å². The van der Waals surface area contributed by atoms with E-state index in [-0.39, 0.29) is 5.75 Å². The van der Waals surface area contributed by atoms with Gasteiger partial charge in [-0.1, -0.05) is 33.3 Å². The van der Waals surface area contributed by atoms with Gasteiger partial charge in [-0.3, -0.25) is 0 Å². The zero-order valence-corrected chi connectivity index (χ0v) is 12.2. The summed E-state index contributed by atoms with van der Waals surface area (Å²) in [6.07, 6.45) is 2.31. The average Bonchev–Trinajstić information content (AvgIpc) is 2.37. The molecular weight excluding hydrogens is 262 g/mol. The normalized spacial score (nSPS) is 21.8. The van der Waals surface area contributed by atoms with Gasteiger partial charge in [-0.2, -0.15) is 8.78 Å². The van der Waals surface area contributed by atoms with Crippen molar-refractivity contribution in [3.05, 3.63) is 23.8 Å². The standard InChI is InChI=1S/C16H22F2O2/c1-10(2)4-5-12-9-19-15-8-13(20-16(17)18)6-7-14(15)11(12)3/h6-8,10-12,16H,4-5,9H2,1-3H3/t11-,12-/m1/s1. The topological polar surface area (TPSA) is 18.5 Å². The lowest BCUT2D eigenvalue weighted by atomic mass is 9.82. The number of hydrogen-bond donors (Lipinski definition) is 0. The van der Waals surface area contributed by atoms with E-state index in [0.29, 0.717) is 30.1 Å². The van der Waals surface area contributed by atoms with Crippen molar-refractivity contribution in [3.63, 3.8) is 0 Å². The monoisotopic (exact) mass is 284 g/mol. The summed E-state index contributed by atoms with van der Waals surface area (Å²) in [7, 11) is 0. The number of halogens is 2. The molecule has 0 fully saturated rings. The molecule has 1 heterocycles. The molecule has 0 radical (unpaired) electrons. The number of alkyl halides is 2. The van der Waals surface area contributed by atoms with Crippen molar-refractivity contribution in [3.8, 4) is 11.5 Å². The van der Waals surface area contributed by atoms with E-state index in [4.69, 9.17) is 4.74 Å². The van der Waals surface area contributed by atoms with E-state index >= 15 is 0 Å². The summed E-state index contributed by atoms with van der Waals surface area (Å²) in [6, 6.07) is 5.01. The van der Waals surface area contributed by atoms with Crippen molar-refractivity contribution in [2.75, 3.05) is 6.61 Å². The molecule has 1 aromatic rings. The van der Waals surface area contributed by atoms with Crippen molar-refractivity contribution in [2.45, 2.75) is 46.1 Å². The summed E-state index contributed by atoms with van der Waals surface area (Å²) in [6.45, 7) is 4.47. The Morgan fingerprint density at radius 1 is 1.35 bits per heavy atom. The van der Waals surface area contributed by atoms with E-state index < -0.39 is 6.61 Å². The molecule has 2 rings (SSSR count). The van der Waals surface area contributed by atoms with Gasteiger partial charge in [0.25, 0.3) is 0 Å². The molecule has 0 unspecified atom stereocenters. The second-order valence-corrected chi connectivity index (χ2v) is 5.91. The molecular formula is C16H22F2O2. The molecule has 1 aromatic carbocycles. The van der Waals surface area contributed by atoms with Gasteiger partial charge in [0.2, 0.25) is 0 Å². The maximum atomic E-state index is 12.2. The molecule has 20 heavy (non-hydrogen) atoms. The highest BCUT2D eigenvalue weighted by Crippen LogP contribution is 2.40. The van der Waals surface area contributed by atoms with Crippen molar-refractivity contribution < 1.29 is 18.3 Å². The van der Waals surface area contributed by atoms with Crippen LogP contribution in [0.2, 0.25) is 0 Å². The largest absolute Gasteiger partial charge is 0.493 e. The van der Waals surface area contributed by atoms with E-state index in [1.165, 1.54) is 6.42 Å². The Hall–Kier alpha value is -1.32. The van der Waals surface area contributed by atoms with Crippen LogP contribution < -0.4 is 9.47 Å². The van der Waals surface area contributed by atoms with Crippen LogP contribution in [0.1, 0.15) is 45.1 Å². The molecule has 2 nitrogen and oxygen atoms in total. The average molecular weight is 284 g/mol. The fourth-order valence-electron chi connectivity index (χ4n) is 2.67. The fourth-order valence-corrected chi connectivity index (χ4v) is 2.67. The second-order valence-electron chi connectivity index (χ2n) is 5.91. The van der Waals surface area contributed by atoms with Gasteiger partial charge in [-0.15, -0.1) is 0 Å². The molecule has 0 aliphatic carbocycles. The number of fused-ring (bicyclic) bond motifs is 1. The van der Waals surface area contributed by atoms with Gasteiger partial charge in [0.05, 0.1) is 6.61 Å². The SMILES string of the molecule is CC(C)CC[C@@H]1COc2cc(OC(F)F)ccc2[C@@H]1C. The molecule has 0 N–H and O–H groups in total. The van der Waals surface area contributed by atoms with E-state index in [1.54, 1.807) is 12.1 Å². The van der Waals surface area contributed by atoms with Crippen LogP contribution in [0, 0.1) is 11.8 Å². The Labute approximate surface area is 119 Å². The molecule has 0 saturated heterocycles. The fraction of sp³-hybridized carbons (Fsp3) is 0.625. The Morgan fingerprint density at radius 2 is 2.10 bits per heavy atom. The summed E-state index contributed by atoms with van der Waals surface area (Å²) in [5.74, 6) is 2.40. The third-order valence-electron chi connectivity index (χ3n) is 3.98. The first-order chi connectivity index (χ1) is 9.47. The lowest BCUT2D eigenvalue weighted by Gasteiger charge is -2.32. The summed E-state index contributed by atoms with van der Waals surface area (Å²) in [5, 5.41) is 0. The summed E-state index contributed by atoms with van der Waals surface area (Å²) >= 11 is 0. The minimum atomic E-state index is -2.80. The number of hydrogen-bond acceptors (Lipinski definition) is 2. The summed E-state index contributed by atoms with van der Waals surface area (Å²) in [5.41, 5.74) is 1.09. The first-order valence-electron chi connectivity index (χ1n) is 7.19. The first kappa shape index (κ1) is 15.1. The molecule has 0 aromatic heterocycles. The van der Waals surface area contributed by atoms with Crippen LogP contribution >= 0.6 is 0 Å². The minimum absolute atomic E-state index is 0.159. The predicted octanol–water partition coefficient (Wildman–Crippen LogP) is 4.84. The van der Waals surface area contributed by atoms with E-state index in [1.807, 2.05) is 6.07 Å². The quantitative estimate of drug-likeness (QED) is 0.770. The highest BCUT2D eigenvalue weighted by atomic mass is 19.3. The van der Waals surface area contributed by atoms with Gasteiger partial charge in [0.15, 0.2) is 0 Å². The summed E-state index contributed by atoms with van der Waals surface area (Å²) < 4.78 is 34.6.